The molecule has 0 saturated carbocycles. The Kier molecular flexibility index (Phi) is 4.15. The van der Waals surface area contributed by atoms with Crippen molar-refractivity contribution in [2.24, 2.45) is 5.73 Å². The Labute approximate surface area is 96.9 Å². The second-order valence-electron chi connectivity index (χ2n) is 5.12. The van der Waals surface area contributed by atoms with Gasteiger partial charge in [-0.3, -0.25) is 0 Å². The number of ether oxygens (including phenoxy) is 2. The Bertz CT molecular complexity index is 250. The van der Waals surface area contributed by atoms with Crippen LogP contribution in [0.25, 0.3) is 0 Å². The summed E-state index contributed by atoms with van der Waals surface area (Å²) in [5.74, 6) is 0. The lowest BCUT2D eigenvalue weighted by atomic mass is 10.2. The van der Waals surface area contributed by atoms with Gasteiger partial charge in [0, 0.05) is 19.7 Å². The minimum absolute atomic E-state index is 0.0276. The minimum Gasteiger partial charge on any atom is -0.444 e. The van der Waals surface area contributed by atoms with Crippen molar-refractivity contribution in [3.8, 4) is 0 Å². The summed E-state index contributed by atoms with van der Waals surface area (Å²) < 4.78 is 10.6. The highest BCUT2D eigenvalue weighted by molar-refractivity contribution is 5.69. The molecular weight excluding hydrogens is 208 g/mol. The average Bonchev–Trinajstić information content (AvgIpc) is 2.58. The van der Waals surface area contributed by atoms with Gasteiger partial charge in [-0.1, -0.05) is 0 Å². The van der Waals surface area contributed by atoms with Crippen molar-refractivity contribution in [1.29, 1.82) is 0 Å². The van der Waals surface area contributed by atoms with E-state index in [1.165, 1.54) is 0 Å². The van der Waals surface area contributed by atoms with E-state index in [1.807, 2.05) is 20.8 Å². The van der Waals surface area contributed by atoms with Crippen molar-refractivity contribution in [3.63, 3.8) is 0 Å². The van der Waals surface area contributed by atoms with E-state index in [9.17, 15) is 4.79 Å². The molecule has 1 amide bonds. The molecule has 2 N–H and O–H groups in total. The van der Waals surface area contributed by atoms with Gasteiger partial charge in [0.2, 0.25) is 0 Å². The molecule has 16 heavy (non-hydrogen) atoms. The van der Waals surface area contributed by atoms with E-state index in [1.54, 1.807) is 12.0 Å². The Morgan fingerprint density at radius 1 is 1.50 bits per heavy atom. The zero-order valence-corrected chi connectivity index (χ0v) is 10.5. The van der Waals surface area contributed by atoms with Gasteiger partial charge in [-0.15, -0.1) is 0 Å². The zero-order chi connectivity index (χ0) is 12.3. The first-order valence-corrected chi connectivity index (χ1v) is 5.60. The van der Waals surface area contributed by atoms with E-state index in [0.717, 1.165) is 6.42 Å². The summed E-state index contributed by atoms with van der Waals surface area (Å²) in [6.45, 7) is 6.57. The lowest BCUT2D eigenvalue weighted by Crippen LogP contribution is -2.43. The molecule has 0 aromatic rings. The van der Waals surface area contributed by atoms with Crippen molar-refractivity contribution in [2.45, 2.75) is 44.9 Å². The van der Waals surface area contributed by atoms with Gasteiger partial charge >= 0.3 is 6.09 Å². The van der Waals surface area contributed by atoms with Crippen LogP contribution in [0.2, 0.25) is 0 Å². The van der Waals surface area contributed by atoms with Gasteiger partial charge in [0.1, 0.15) is 5.60 Å². The topological polar surface area (TPSA) is 64.8 Å². The first-order chi connectivity index (χ1) is 7.37. The molecule has 2 atom stereocenters. The summed E-state index contributed by atoms with van der Waals surface area (Å²) in [7, 11) is 1.65. The highest BCUT2D eigenvalue weighted by Crippen LogP contribution is 2.22. The van der Waals surface area contributed by atoms with Crippen molar-refractivity contribution < 1.29 is 14.3 Å². The summed E-state index contributed by atoms with van der Waals surface area (Å²) in [6.07, 6.45) is 0.551. The smallest absolute Gasteiger partial charge is 0.410 e. The lowest BCUT2D eigenvalue weighted by molar-refractivity contribution is 0.0201. The van der Waals surface area contributed by atoms with Gasteiger partial charge in [-0.2, -0.15) is 0 Å². The Hall–Kier alpha value is -0.810. The molecule has 1 aliphatic rings. The van der Waals surface area contributed by atoms with Crippen molar-refractivity contribution in [3.05, 3.63) is 0 Å². The molecule has 1 aliphatic heterocycles. The molecule has 1 saturated heterocycles. The molecular formula is C11H22N2O3. The van der Waals surface area contributed by atoms with E-state index >= 15 is 0 Å². The number of carbonyl (C=O) groups excluding carboxylic acids is 1. The molecule has 0 aliphatic carbocycles. The predicted molar refractivity (Wildman–Crippen MR) is 61.2 cm³/mol. The zero-order valence-electron chi connectivity index (χ0n) is 10.5. The maximum absolute atomic E-state index is 11.9. The highest BCUT2D eigenvalue weighted by Gasteiger charge is 2.36. The second-order valence-corrected chi connectivity index (χ2v) is 5.12. The summed E-state index contributed by atoms with van der Waals surface area (Å²) in [5.41, 5.74) is 5.17. The summed E-state index contributed by atoms with van der Waals surface area (Å²) in [5, 5.41) is 0. The van der Waals surface area contributed by atoms with Crippen molar-refractivity contribution in [1.82, 2.24) is 4.90 Å². The van der Waals surface area contributed by atoms with E-state index in [2.05, 4.69) is 0 Å². The standard InChI is InChI=1S/C11H22N2O3/c1-11(2,3)16-10(14)13-7-9(15-4)5-8(13)6-12/h8-9H,5-7,12H2,1-4H3/t8-,9+/m0/s1. The molecule has 0 spiro atoms. The quantitative estimate of drug-likeness (QED) is 0.767. The van der Waals surface area contributed by atoms with Gasteiger partial charge in [0.15, 0.2) is 0 Å². The van der Waals surface area contributed by atoms with E-state index in [0.29, 0.717) is 13.1 Å². The largest absolute Gasteiger partial charge is 0.444 e. The van der Waals surface area contributed by atoms with Crippen LogP contribution in [0.4, 0.5) is 4.79 Å². The third-order valence-electron chi connectivity index (χ3n) is 2.61. The van der Waals surface area contributed by atoms with Crippen LogP contribution in [0, 0.1) is 0 Å². The van der Waals surface area contributed by atoms with Crippen LogP contribution < -0.4 is 5.73 Å². The van der Waals surface area contributed by atoms with Crippen LogP contribution in [-0.2, 0) is 9.47 Å². The van der Waals surface area contributed by atoms with Gasteiger partial charge in [-0.05, 0) is 27.2 Å². The van der Waals surface area contributed by atoms with Crippen LogP contribution in [0.15, 0.2) is 0 Å². The first-order valence-electron chi connectivity index (χ1n) is 5.60. The predicted octanol–water partition coefficient (Wildman–Crippen LogP) is 0.969. The number of hydrogen-bond donors (Lipinski definition) is 1. The third-order valence-corrected chi connectivity index (χ3v) is 2.61. The number of nitrogens with two attached hydrogens (primary N) is 1. The molecule has 1 fully saturated rings. The molecule has 0 aromatic carbocycles. The molecule has 1 heterocycles. The maximum Gasteiger partial charge on any atom is 0.410 e. The first kappa shape index (κ1) is 13.3. The fraction of sp³-hybridized carbons (Fsp3) is 0.909. The number of hydrogen-bond acceptors (Lipinski definition) is 4. The Morgan fingerprint density at radius 3 is 2.56 bits per heavy atom. The second kappa shape index (κ2) is 5.01. The fourth-order valence-corrected chi connectivity index (χ4v) is 1.81. The Balaban J connectivity index is 2.61. The molecule has 5 heteroatoms. The maximum atomic E-state index is 11.9. The van der Waals surface area contributed by atoms with Crippen LogP contribution in [0.1, 0.15) is 27.2 Å². The van der Waals surface area contributed by atoms with Gasteiger partial charge < -0.3 is 20.1 Å². The van der Waals surface area contributed by atoms with E-state index < -0.39 is 5.60 Å². The van der Waals surface area contributed by atoms with Crippen molar-refractivity contribution in [2.75, 3.05) is 20.2 Å². The Morgan fingerprint density at radius 2 is 2.12 bits per heavy atom. The SMILES string of the molecule is CO[C@@H]1C[C@@H](CN)N(C(=O)OC(C)(C)C)C1. The third kappa shape index (κ3) is 3.35. The minimum atomic E-state index is -0.471. The molecule has 0 unspecified atom stereocenters. The van der Waals surface area contributed by atoms with Gasteiger partial charge in [0.25, 0.3) is 0 Å². The van der Waals surface area contributed by atoms with Crippen molar-refractivity contribution >= 4 is 6.09 Å². The van der Waals surface area contributed by atoms with Gasteiger partial charge in [-0.25, -0.2) is 4.79 Å². The van der Waals surface area contributed by atoms with Crippen LogP contribution in [-0.4, -0.2) is 48.9 Å². The van der Waals surface area contributed by atoms with Gasteiger partial charge in [0.05, 0.1) is 12.6 Å². The summed E-state index contributed by atoms with van der Waals surface area (Å²) in [4.78, 5) is 13.6. The fourth-order valence-electron chi connectivity index (χ4n) is 1.81. The summed E-state index contributed by atoms with van der Waals surface area (Å²) >= 11 is 0. The molecule has 0 bridgehead atoms. The number of methoxy groups -OCH3 is 1. The number of likely N-dealkylation sites (tertiary alicyclic amines) is 1. The molecule has 94 valence electrons. The molecule has 0 aromatic heterocycles. The van der Waals surface area contributed by atoms with Crippen LogP contribution >= 0.6 is 0 Å². The molecule has 5 nitrogen and oxygen atoms in total. The summed E-state index contributed by atoms with van der Waals surface area (Å²) in [6, 6.07) is 0.0276. The number of carbonyl (C=O) groups is 1. The van der Waals surface area contributed by atoms with Crippen LogP contribution in [0.3, 0.4) is 0 Å². The highest BCUT2D eigenvalue weighted by atomic mass is 16.6. The number of amides is 1. The normalized spacial score (nSPS) is 25.9. The molecule has 0 radical (unpaired) electrons. The van der Waals surface area contributed by atoms with E-state index in [4.69, 9.17) is 15.2 Å². The van der Waals surface area contributed by atoms with E-state index in [-0.39, 0.29) is 18.2 Å². The molecule has 1 rings (SSSR count). The average molecular weight is 230 g/mol. The lowest BCUT2D eigenvalue weighted by Gasteiger charge is -2.27. The van der Waals surface area contributed by atoms with Crippen LogP contribution in [0.5, 0.6) is 0 Å². The number of rotatable bonds is 2. The monoisotopic (exact) mass is 230 g/mol. The number of nitrogens with zero attached hydrogens (tertiary/aromatic N) is 1.